The Labute approximate surface area is 297 Å². The molecule has 0 heteroatoms. The van der Waals surface area contributed by atoms with E-state index in [2.05, 4.69) is 140 Å². The van der Waals surface area contributed by atoms with Crippen LogP contribution in [0.15, 0.2) is 182 Å². The van der Waals surface area contributed by atoms with Gasteiger partial charge in [-0.05, 0) is 115 Å². The molecule has 0 spiro atoms. The summed E-state index contributed by atoms with van der Waals surface area (Å²) in [4.78, 5) is 0. The molecular formula is C50H30. The molecule has 0 N–H and O–H groups in total. The van der Waals surface area contributed by atoms with Gasteiger partial charge < -0.3 is 0 Å². The van der Waals surface area contributed by atoms with E-state index in [1.54, 1.807) is 0 Å². The highest BCUT2D eigenvalue weighted by Gasteiger charge is 2.17. The van der Waals surface area contributed by atoms with E-state index in [9.17, 15) is 0 Å². The van der Waals surface area contributed by atoms with Crippen LogP contribution in [-0.2, 0) is 0 Å². The summed E-state index contributed by atoms with van der Waals surface area (Å²) in [5.41, 5.74) is 6.85. The van der Waals surface area contributed by atoms with Gasteiger partial charge in [-0.15, -0.1) is 0 Å². The average Bonchev–Trinajstić information content (AvgIpc) is 3.23. The van der Waals surface area contributed by atoms with Gasteiger partial charge in [0.25, 0.3) is 0 Å². The largest absolute Gasteiger partial charge is 0.0629 e. The van der Waals surface area contributed by atoms with E-state index in [1.807, 2.05) is 12.1 Å². The summed E-state index contributed by atoms with van der Waals surface area (Å²) in [5.74, 6) is 0. The van der Waals surface area contributed by atoms with Gasteiger partial charge in [-0.25, -0.2) is 0 Å². The second-order valence-corrected chi connectivity index (χ2v) is 13.3. The molecule has 0 aliphatic heterocycles. The van der Waals surface area contributed by atoms with Crippen LogP contribution in [0.2, 0.25) is 0 Å². The van der Waals surface area contributed by atoms with Gasteiger partial charge in [-0.1, -0.05) is 176 Å². The van der Waals surface area contributed by atoms with Gasteiger partial charge in [0.2, 0.25) is 0 Å². The summed E-state index contributed by atoms with van der Waals surface area (Å²) in [6.07, 6.45) is 0. The van der Waals surface area contributed by atoms with Gasteiger partial charge in [0.1, 0.15) is 0 Å². The zero-order chi connectivity index (χ0) is 37.1. The van der Waals surface area contributed by atoms with Crippen molar-refractivity contribution in [2.45, 2.75) is 0 Å². The molecule has 0 saturated heterocycles. The number of hydrogen-bond donors (Lipinski definition) is 0. The molecule has 0 aliphatic carbocycles. The molecule has 0 fully saturated rings. The van der Waals surface area contributed by atoms with Gasteiger partial charge in [-0.3, -0.25) is 0 Å². The van der Waals surface area contributed by atoms with Crippen molar-refractivity contribution in [3.8, 4) is 44.5 Å². The van der Waals surface area contributed by atoms with E-state index < -0.39 is 6.04 Å². The Morgan fingerprint density at radius 3 is 1.32 bits per heavy atom. The molecule has 0 saturated carbocycles. The lowest BCUT2D eigenvalue weighted by atomic mass is 9.86. The molecule has 0 heterocycles. The third-order valence-electron chi connectivity index (χ3n) is 10.7. The molecule has 50 heavy (non-hydrogen) atoms. The summed E-state index contributed by atoms with van der Waals surface area (Å²) in [5, 5.41) is 14.4. The molecule has 0 radical (unpaired) electrons. The van der Waals surface area contributed by atoms with E-state index in [0.29, 0.717) is 5.56 Å². The molecule has 0 unspecified atom stereocenters. The summed E-state index contributed by atoms with van der Waals surface area (Å²) >= 11 is 0. The first-order chi connectivity index (χ1) is 26.9. The predicted octanol–water partition coefficient (Wildman–Crippen LogP) is 14.1. The highest BCUT2D eigenvalue weighted by molar-refractivity contribution is 6.27. The summed E-state index contributed by atoms with van der Waals surface area (Å²) in [7, 11) is 0. The van der Waals surface area contributed by atoms with E-state index in [1.165, 1.54) is 43.3 Å². The third kappa shape index (κ3) is 4.00. The van der Waals surface area contributed by atoms with Crippen molar-refractivity contribution in [1.82, 2.24) is 0 Å². The molecule has 0 bridgehead atoms. The second kappa shape index (κ2) is 10.5. The first-order valence-corrected chi connectivity index (χ1v) is 17.0. The van der Waals surface area contributed by atoms with Gasteiger partial charge in [0, 0.05) is 0 Å². The predicted molar refractivity (Wildman–Crippen MR) is 216 cm³/mol. The van der Waals surface area contributed by atoms with Gasteiger partial charge in [-0.2, -0.15) is 0 Å². The Hall–Kier alpha value is -6.50. The van der Waals surface area contributed by atoms with Gasteiger partial charge in [0.15, 0.2) is 0 Å². The maximum atomic E-state index is 8.94. The van der Waals surface area contributed by atoms with E-state index in [0.717, 1.165) is 54.7 Å². The lowest BCUT2D eigenvalue weighted by molar-refractivity contribution is 1.57. The number of rotatable bonds is 4. The minimum absolute atomic E-state index is 0.197. The molecular weight excluding hydrogens is 601 g/mol. The van der Waals surface area contributed by atoms with Crippen LogP contribution in [0.5, 0.6) is 0 Å². The van der Waals surface area contributed by atoms with Crippen molar-refractivity contribution in [1.29, 1.82) is 0 Å². The fourth-order valence-corrected chi connectivity index (χ4v) is 8.35. The van der Waals surface area contributed by atoms with E-state index >= 15 is 0 Å². The van der Waals surface area contributed by atoms with Crippen molar-refractivity contribution in [3.63, 3.8) is 0 Å². The fraction of sp³-hybridized carbons (Fsp3) is 0. The van der Waals surface area contributed by atoms with Crippen molar-refractivity contribution < 1.29 is 6.85 Å². The van der Waals surface area contributed by atoms with E-state index in [4.69, 9.17) is 6.85 Å². The SMILES string of the molecule is [2H]c1c([2H])c([2H])c(-c2ccc(-c3ccc(-c4ccc5ccc6cccc7ccc4c5c67)cc3)cc2-c2ccc3ccc4cccc5ccc2c3c45)c([2H])c1[2H]. The highest BCUT2D eigenvalue weighted by Crippen LogP contribution is 2.44. The van der Waals surface area contributed by atoms with Crippen molar-refractivity contribution in [2.75, 3.05) is 0 Å². The summed E-state index contributed by atoms with van der Waals surface area (Å²) in [6, 6.07) is 52.2. The molecule has 0 aliphatic rings. The minimum Gasteiger partial charge on any atom is -0.0622 e. The highest BCUT2D eigenvalue weighted by atomic mass is 14.2. The molecule has 11 rings (SSSR count). The number of hydrogen-bond acceptors (Lipinski definition) is 0. The van der Waals surface area contributed by atoms with Crippen molar-refractivity contribution in [2.24, 2.45) is 0 Å². The van der Waals surface area contributed by atoms with Gasteiger partial charge in [0.05, 0.1) is 6.85 Å². The fourth-order valence-electron chi connectivity index (χ4n) is 8.35. The third-order valence-corrected chi connectivity index (χ3v) is 10.7. The van der Waals surface area contributed by atoms with Crippen LogP contribution in [0.1, 0.15) is 6.85 Å². The van der Waals surface area contributed by atoms with Crippen LogP contribution in [0.25, 0.3) is 109 Å². The van der Waals surface area contributed by atoms with Crippen LogP contribution in [-0.4, -0.2) is 0 Å². The summed E-state index contributed by atoms with van der Waals surface area (Å²) < 4.78 is 43.2. The molecule has 0 aromatic heterocycles. The Bertz CT molecular complexity index is 3300. The molecule has 0 nitrogen and oxygen atoms in total. The zero-order valence-electron chi connectivity index (χ0n) is 31.9. The number of benzene rings is 11. The Balaban J connectivity index is 1.11. The van der Waals surface area contributed by atoms with Crippen molar-refractivity contribution >= 4 is 64.6 Å². The van der Waals surface area contributed by atoms with Crippen LogP contribution < -0.4 is 0 Å². The molecule has 0 amide bonds. The van der Waals surface area contributed by atoms with Crippen LogP contribution >= 0.6 is 0 Å². The average molecular weight is 636 g/mol. The molecule has 230 valence electrons. The van der Waals surface area contributed by atoms with Crippen LogP contribution in [0, 0.1) is 0 Å². The van der Waals surface area contributed by atoms with Crippen molar-refractivity contribution in [3.05, 3.63) is 182 Å². The Morgan fingerprint density at radius 1 is 0.280 bits per heavy atom. The Kier molecular flexibility index (Phi) is 4.82. The first-order valence-electron chi connectivity index (χ1n) is 19.5. The lowest BCUT2D eigenvalue weighted by Gasteiger charge is -2.18. The zero-order valence-corrected chi connectivity index (χ0v) is 26.9. The second-order valence-electron chi connectivity index (χ2n) is 13.3. The lowest BCUT2D eigenvalue weighted by Crippen LogP contribution is -1.91. The molecule has 11 aromatic carbocycles. The topological polar surface area (TPSA) is 0 Å². The van der Waals surface area contributed by atoms with Crippen LogP contribution in [0.3, 0.4) is 0 Å². The standard InChI is InChI=1S/C50H30/c1-2-6-32(7-3-1)42-26-24-40(30-46(42)43-27-21-39-19-17-35-9-5-11-37-23-29-45(43)50(39)48(35)37)31-12-14-33(15-13-31)41-25-20-38-18-16-34-8-4-10-36-22-28-44(41)49(38)47(34)36/h1-30H/i1D,2D,3D,6D,7D. The maximum absolute atomic E-state index is 8.94. The first kappa shape index (κ1) is 23.0. The molecule has 0 atom stereocenters. The molecule has 11 aromatic rings. The minimum atomic E-state index is -0.399. The quantitative estimate of drug-likeness (QED) is 0.169. The monoisotopic (exact) mass is 635 g/mol. The van der Waals surface area contributed by atoms with E-state index in [-0.39, 0.29) is 29.7 Å². The Morgan fingerprint density at radius 2 is 0.720 bits per heavy atom. The van der Waals surface area contributed by atoms with Gasteiger partial charge >= 0.3 is 0 Å². The maximum Gasteiger partial charge on any atom is 0.0629 e. The summed E-state index contributed by atoms with van der Waals surface area (Å²) in [6.45, 7) is 0. The van der Waals surface area contributed by atoms with Crippen LogP contribution in [0.4, 0.5) is 0 Å². The normalized spacial score (nSPS) is 13.4. The smallest absolute Gasteiger partial charge is 0.0622 e.